The second-order valence-corrected chi connectivity index (χ2v) is 6.19. The van der Waals surface area contributed by atoms with Gasteiger partial charge in [-0.05, 0) is 46.0 Å². The van der Waals surface area contributed by atoms with Gasteiger partial charge in [-0.3, -0.25) is 10.1 Å². The number of rotatable bonds is 6. The highest BCUT2D eigenvalue weighted by Gasteiger charge is 2.43. The normalized spacial score (nSPS) is 14.9. The van der Waals surface area contributed by atoms with E-state index in [0.29, 0.717) is 0 Å². The summed E-state index contributed by atoms with van der Waals surface area (Å²) in [7, 11) is 0. The zero-order chi connectivity index (χ0) is 17.1. The molecule has 0 aliphatic heterocycles. The van der Waals surface area contributed by atoms with Gasteiger partial charge >= 0.3 is 12.1 Å². The van der Waals surface area contributed by atoms with Crippen LogP contribution in [0.2, 0.25) is 0 Å². The zero-order valence-corrected chi connectivity index (χ0v) is 13.5. The van der Waals surface area contributed by atoms with Crippen LogP contribution in [0.4, 0.5) is 17.6 Å². The monoisotopic (exact) mass is 385 g/mol. The van der Waals surface area contributed by atoms with Crippen LogP contribution >= 0.6 is 15.9 Å². The van der Waals surface area contributed by atoms with Gasteiger partial charge in [0.1, 0.15) is 17.9 Å². The van der Waals surface area contributed by atoms with Crippen LogP contribution in [-0.4, -0.2) is 23.3 Å². The van der Waals surface area contributed by atoms with Gasteiger partial charge in [-0.25, -0.2) is 4.39 Å². The van der Waals surface area contributed by atoms with Crippen molar-refractivity contribution in [2.75, 3.05) is 0 Å². The molecule has 0 radical (unpaired) electrons. The number of carboxylic acid groups (broad SMARTS) is 1. The number of carbonyl (C=O) groups is 1. The molecular formula is C14H16BrF4NO2. The van der Waals surface area contributed by atoms with Crippen molar-refractivity contribution >= 4 is 21.9 Å². The maximum atomic E-state index is 13.5. The van der Waals surface area contributed by atoms with Gasteiger partial charge in [0.25, 0.3) is 0 Å². The Morgan fingerprint density at radius 2 is 1.95 bits per heavy atom. The molecule has 2 atom stereocenters. The van der Waals surface area contributed by atoms with Crippen molar-refractivity contribution in [2.45, 2.75) is 38.5 Å². The summed E-state index contributed by atoms with van der Waals surface area (Å²) in [6.07, 6.45) is -4.72. The summed E-state index contributed by atoms with van der Waals surface area (Å²) in [4.78, 5) is 11.1. The second-order valence-electron chi connectivity index (χ2n) is 5.34. The van der Waals surface area contributed by atoms with Gasteiger partial charge in [0.15, 0.2) is 0 Å². The minimum absolute atomic E-state index is 0.0287. The quantitative estimate of drug-likeness (QED) is 0.718. The zero-order valence-electron chi connectivity index (χ0n) is 11.9. The summed E-state index contributed by atoms with van der Waals surface area (Å²) in [6, 6.07) is -0.632. The molecule has 0 aromatic heterocycles. The molecule has 1 aromatic carbocycles. The van der Waals surface area contributed by atoms with Gasteiger partial charge in [-0.15, -0.1) is 0 Å². The number of hydrogen-bond acceptors (Lipinski definition) is 2. The molecule has 0 aliphatic carbocycles. The summed E-state index contributed by atoms with van der Waals surface area (Å²) in [5, 5.41) is 11.2. The van der Waals surface area contributed by atoms with Crippen LogP contribution in [0.5, 0.6) is 0 Å². The lowest BCUT2D eigenvalue weighted by molar-refractivity contribution is -0.163. The Bertz CT molecular complexity index is 534. The molecular weight excluding hydrogens is 370 g/mol. The first-order valence-corrected chi connectivity index (χ1v) is 7.32. The molecule has 1 rings (SSSR count). The first kappa shape index (κ1) is 18.9. The molecule has 0 saturated carbocycles. The lowest BCUT2D eigenvalue weighted by Crippen LogP contribution is -2.45. The Hall–Kier alpha value is -1.15. The van der Waals surface area contributed by atoms with E-state index in [1.54, 1.807) is 13.8 Å². The Morgan fingerprint density at radius 1 is 1.36 bits per heavy atom. The number of alkyl halides is 3. The first-order valence-electron chi connectivity index (χ1n) is 6.53. The molecule has 2 N–H and O–H groups in total. The van der Waals surface area contributed by atoms with E-state index < -0.39 is 30.0 Å². The highest BCUT2D eigenvalue weighted by Crippen LogP contribution is 2.34. The van der Waals surface area contributed by atoms with Crippen molar-refractivity contribution in [3.63, 3.8) is 0 Å². The molecule has 0 amide bonds. The van der Waals surface area contributed by atoms with Gasteiger partial charge in [0, 0.05) is 0 Å². The lowest BCUT2D eigenvalue weighted by atomic mass is 10.00. The predicted molar refractivity (Wildman–Crippen MR) is 76.9 cm³/mol. The van der Waals surface area contributed by atoms with E-state index in [2.05, 4.69) is 21.2 Å². The second kappa shape index (κ2) is 7.41. The minimum atomic E-state index is -4.75. The van der Waals surface area contributed by atoms with E-state index in [-0.39, 0.29) is 22.4 Å². The Labute approximate surface area is 133 Å². The molecule has 3 nitrogen and oxygen atoms in total. The molecule has 22 heavy (non-hydrogen) atoms. The molecule has 0 saturated heterocycles. The average molecular weight is 386 g/mol. The number of carboxylic acids is 1. The minimum Gasteiger partial charge on any atom is -0.480 e. The molecule has 0 fully saturated rings. The number of hydrogen-bond donors (Lipinski definition) is 2. The van der Waals surface area contributed by atoms with E-state index in [0.717, 1.165) is 18.2 Å². The summed E-state index contributed by atoms with van der Waals surface area (Å²) in [6.45, 7) is 3.42. The van der Waals surface area contributed by atoms with Gasteiger partial charge in [0.05, 0.1) is 4.47 Å². The van der Waals surface area contributed by atoms with Crippen molar-refractivity contribution in [3.05, 3.63) is 34.1 Å². The van der Waals surface area contributed by atoms with E-state index in [4.69, 9.17) is 5.11 Å². The maximum absolute atomic E-state index is 13.5. The van der Waals surface area contributed by atoms with Gasteiger partial charge in [-0.2, -0.15) is 13.2 Å². The van der Waals surface area contributed by atoms with Crippen molar-refractivity contribution < 1.29 is 27.5 Å². The average Bonchev–Trinajstić information content (AvgIpc) is 2.35. The summed E-state index contributed by atoms with van der Waals surface area (Å²) >= 11 is 2.86. The van der Waals surface area contributed by atoms with Crippen LogP contribution in [0.1, 0.15) is 31.9 Å². The largest absolute Gasteiger partial charge is 0.480 e. The van der Waals surface area contributed by atoms with Crippen LogP contribution in [0, 0.1) is 11.7 Å². The smallest absolute Gasteiger partial charge is 0.407 e. The number of benzene rings is 1. The number of halogens is 5. The van der Waals surface area contributed by atoms with Crippen LogP contribution < -0.4 is 5.32 Å². The first-order chi connectivity index (χ1) is 10.0. The molecule has 0 spiro atoms. The molecule has 1 aromatic rings. The third kappa shape index (κ3) is 5.24. The van der Waals surface area contributed by atoms with Crippen LogP contribution in [0.3, 0.4) is 0 Å². The predicted octanol–water partition coefficient (Wildman–Crippen LogP) is 4.28. The molecule has 8 heteroatoms. The van der Waals surface area contributed by atoms with Gasteiger partial charge in [0.2, 0.25) is 0 Å². The lowest BCUT2D eigenvalue weighted by Gasteiger charge is -2.26. The summed E-state index contributed by atoms with van der Waals surface area (Å²) in [5.74, 6) is -2.33. The van der Waals surface area contributed by atoms with Crippen LogP contribution in [0.15, 0.2) is 22.7 Å². The topological polar surface area (TPSA) is 49.3 Å². The van der Waals surface area contributed by atoms with Crippen molar-refractivity contribution in [1.82, 2.24) is 5.32 Å². The highest BCUT2D eigenvalue weighted by atomic mass is 79.9. The number of nitrogens with one attached hydrogen (secondary N) is 1. The van der Waals surface area contributed by atoms with E-state index >= 15 is 0 Å². The van der Waals surface area contributed by atoms with E-state index in [1.807, 2.05) is 0 Å². The van der Waals surface area contributed by atoms with Gasteiger partial charge < -0.3 is 5.11 Å². The molecule has 0 bridgehead atoms. The van der Waals surface area contributed by atoms with Crippen LogP contribution in [-0.2, 0) is 4.79 Å². The highest BCUT2D eigenvalue weighted by molar-refractivity contribution is 9.10. The Morgan fingerprint density at radius 3 is 2.36 bits per heavy atom. The van der Waals surface area contributed by atoms with Crippen molar-refractivity contribution in [1.29, 1.82) is 0 Å². The van der Waals surface area contributed by atoms with E-state index in [1.165, 1.54) is 0 Å². The fourth-order valence-electron chi connectivity index (χ4n) is 1.98. The van der Waals surface area contributed by atoms with Gasteiger partial charge in [-0.1, -0.05) is 19.9 Å². The Kier molecular flexibility index (Phi) is 6.37. The molecule has 0 aliphatic rings. The van der Waals surface area contributed by atoms with Crippen molar-refractivity contribution in [2.24, 2.45) is 5.92 Å². The fraction of sp³-hybridized carbons (Fsp3) is 0.500. The summed E-state index contributed by atoms with van der Waals surface area (Å²) in [5.41, 5.74) is -0.372. The standard InChI is InChI=1S/C14H16BrF4NO2/c1-7(2)5-11(13(21)22)20-12(14(17,18)19)8-3-4-9(15)10(16)6-8/h3-4,6-7,11-12,20H,5H2,1-2H3,(H,21,22)/t11-,12?/m0/s1. The third-order valence-corrected chi connectivity index (χ3v) is 3.62. The Balaban J connectivity index is 3.12. The van der Waals surface area contributed by atoms with E-state index in [9.17, 15) is 22.4 Å². The third-order valence-electron chi connectivity index (χ3n) is 2.98. The summed E-state index contributed by atoms with van der Waals surface area (Å²) < 4.78 is 53.1. The molecule has 124 valence electrons. The van der Waals surface area contributed by atoms with Crippen LogP contribution in [0.25, 0.3) is 0 Å². The van der Waals surface area contributed by atoms with Crippen molar-refractivity contribution in [3.8, 4) is 0 Å². The molecule has 1 unspecified atom stereocenters. The fourth-order valence-corrected chi connectivity index (χ4v) is 2.23. The molecule has 0 heterocycles. The maximum Gasteiger partial charge on any atom is 0.407 e. The number of aliphatic carboxylic acids is 1. The SMILES string of the molecule is CC(C)C[C@H](NC(c1ccc(Br)c(F)c1)C(F)(F)F)C(=O)O.